The van der Waals surface area contributed by atoms with Crippen LogP contribution < -0.4 is 9.20 Å². The molecule has 0 aromatic heterocycles. The van der Waals surface area contributed by atoms with Crippen molar-refractivity contribution >= 4 is 26.5 Å². The first-order valence-electron chi connectivity index (χ1n) is 10.9. The van der Waals surface area contributed by atoms with Crippen molar-refractivity contribution < 1.29 is 14.0 Å². The monoisotopic (exact) mass is 452 g/mol. The van der Waals surface area contributed by atoms with Crippen LogP contribution in [0.1, 0.15) is 72.6 Å². The molecule has 1 aliphatic carbocycles. The number of hydrogen-bond acceptors (Lipinski definition) is 3. The minimum atomic E-state index is -0.225. The van der Waals surface area contributed by atoms with Gasteiger partial charge >= 0.3 is 179 Å². The molecule has 0 spiro atoms. The first-order chi connectivity index (χ1) is 13.3. The molecule has 0 N–H and O–H groups in total. The molecule has 3 nitrogen and oxygen atoms in total. The van der Waals surface area contributed by atoms with Gasteiger partial charge < -0.3 is 0 Å². The second-order valence-electron chi connectivity index (χ2n) is 9.35. The molecule has 1 aliphatic heterocycles. The van der Waals surface area contributed by atoms with E-state index in [9.17, 15) is 0 Å². The third kappa shape index (κ3) is 5.36. The third-order valence-electron chi connectivity index (χ3n) is 6.89. The molecule has 5 heteroatoms. The molecule has 0 radical (unpaired) electrons. The quantitative estimate of drug-likeness (QED) is 0.399. The Balaban J connectivity index is 1.56. The zero-order chi connectivity index (χ0) is 20.2. The van der Waals surface area contributed by atoms with E-state index in [1.54, 1.807) is 7.11 Å². The molecule has 2 aliphatic rings. The van der Waals surface area contributed by atoms with Crippen LogP contribution in [0, 0.1) is 5.92 Å². The van der Waals surface area contributed by atoms with Gasteiger partial charge in [-0.15, -0.1) is 0 Å². The van der Waals surface area contributed by atoms with E-state index in [2.05, 4.69) is 52.0 Å². The van der Waals surface area contributed by atoms with Gasteiger partial charge in [0.1, 0.15) is 0 Å². The average Bonchev–Trinajstić information content (AvgIpc) is 2.90. The molecule has 1 aromatic rings. The first kappa shape index (κ1) is 22.2. The summed E-state index contributed by atoms with van der Waals surface area (Å²) in [5.41, 5.74) is -0.449. The normalized spacial score (nSPS) is 23.0. The third-order valence-corrected chi connectivity index (χ3v) is 9.19. The Morgan fingerprint density at radius 1 is 1.04 bits per heavy atom. The van der Waals surface area contributed by atoms with Crippen molar-refractivity contribution in [3.63, 3.8) is 0 Å². The van der Waals surface area contributed by atoms with Gasteiger partial charge in [-0.2, -0.15) is 0 Å². The molecule has 3 rings (SSSR count). The van der Waals surface area contributed by atoms with Gasteiger partial charge in [0.2, 0.25) is 0 Å². The molecule has 28 heavy (non-hydrogen) atoms. The fraction of sp³-hybridized carbons (Fsp3) is 0.739. The molecule has 1 heterocycles. The Kier molecular flexibility index (Phi) is 7.58. The van der Waals surface area contributed by atoms with Crippen molar-refractivity contribution in [3.05, 3.63) is 24.3 Å². The Morgan fingerprint density at radius 2 is 1.64 bits per heavy atom. The van der Waals surface area contributed by atoms with Crippen molar-refractivity contribution in [1.29, 1.82) is 0 Å². The summed E-state index contributed by atoms with van der Waals surface area (Å²) in [5.74, 6) is 2.24. The molecule has 156 valence electrons. The summed E-state index contributed by atoms with van der Waals surface area (Å²) < 4.78 is 19.7. The maximum absolute atomic E-state index is 6.49. The Bertz CT molecular complexity index is 595. The van der Waals surface area contributed by atoms with E-state index in [-0.39, 0.29) is 18.3 Å². The molecule has 1 atom stereocenters. The predicted octanol–water partition coefficient (Wildman–Crippen LogP) is 5.27. The number of hydrogen-bond donors (Lipinski definition) is 0. The number of rotatable bonds is 8. The fourth-order valence-corrected chi connectivity index (χ4v) is 6.24. The van der Waals surface area contributed by atoms with Crippen LogP contribution >= 0.6 is 0 Å². The molecule has 1 saturated heterocycles. The summed E-state index contributed by atoms with van der Waals surface area (Å²) in [5, 5.41) is 1.28. The summed E-state index contributed by atoms with van der Waals surface area (Å²) in [6.45, 7) is 8.71. The van der Waals surface area contributed by atoms with Crippen molar-refractivity contribution in [2.75, 3.05) is 7.11 Å². The molecular weight excluding hydrogens is 414 g/mol. The van der Waals surface area contributed by atoms with Gasteiger partial charge in [0.15, 0.2) is 0 Å². The zero-order valence-electron chi connectivity index (χ0n) is 18.3. The van der Waals surface area contributed by atoms with Gasteiger partial charge in [-0.1, -0.05) is 0 Å². The van der Waals surface area contributed by atoms with E-state index in [0.717, 1.165) is 11.7 Å². The van der Waals surface area contributed by atoms with Gasteiger partial charge in [-0.3, -0.25) is 0 Å². The summed E-state index contributed by atoms with van der Waals surface area (Å²) in [7, 11) is 1.68. The van der Waals surface area contributed by atoms with Gasteiger partial charge in [0.25, 0.3) is 0 Å². The van der Waals surface area contributed by atoms with Crippen LogP contribution in [0.15, 0.2) is 24.3 Å². The van der Waals surface area contributed by atoms with E-state index in [1.165, 1.54) is 54.7 Å². The maximum atomic E-state index is 6.49. The van der Waals surface area contributed by atoms with Crippen LogP contribution in [0.4, 0.5) is 0 Å². The van der Waals surface area contributed by atoms with Crippen molar-refractivity contribution in [3.8, 4) is 5.75 Å². The van der Waals surface area contributed by atoms with E-state index < -0.39 is 0 Å². The van der Waals surface area contributed by atoms with Crippen molar-refractivity contribution in [2.24, 2.45) is 5.92 Å². The van der Waals surface area contributed by atoms with Crippen LogP contribution in [0.5, 0.6) is 5.75 Å². The summed E-state index contributed by atoms with van der Waals surface area (Å²) >= 11 is 0.527. The van der Waals surface area contributed by atoms with Gasteiger partial charge in [-0.05, 0) is 0 Å². The van der Waals surface area contributed by atoms with Crippen LogP contribution in [-0.4, -0.2) is 40.4 Å². The van der Waals surface area contributed by atoms with E-state index in [0.29, 0.717) is 20.8 Å². The van der Waals surface area contributed by atoms with E-state index in [1.807, 2.05) is 0 Å². The SMILES string of the molecule is COc1ccc([Se]CCCC(B2OC(C)(C)C(C)(C)O2)C2CCCCC2)cc1. The molecule has 0 amide bonds. The Morgan fingerprint density at radius 3 is 2.21 bits per heavy atom. The second kappa shape index (κ2) is 9.56. The Labute approximate surface area is 178 Å². The van der Waals surface area contributed by atoms with Gasteiger partial charge in [0, 0.05) is 0 Å². The number of ether oxygens (including phenoxy) is 1. The van der Waals surface area contributed by atoms with Crippen LogP contribution in [0.3, 0.4) is 0 Å². The summed E-state index contributed by atoms with van der Waals surface area (Å²) in [6, 6.07) is 8.58. The van der Waals surface area contributed by atoms with Crippen LogP contribution in [0.2, 0.25) is 11.1 Å². The van der Waals surface area contributed by atoms with Crippen molar-refractivity contribution in [2.45, 2.75) is 95.0 Å². The van der Waals surface area contributed by atoms with E-state index in [4.69, 9.17) is 14.0 Å². The number of methoxy groups -OCH3 is 1. The average molecular weight is 451 g/mol. The van der Waals surface area contributed by atoms with Crippen LogP contribution in [0.25, 0.3) is 0 Å². The predicted molar refractivity (Wildman–Crippen MR) is 119 cm³/mol. The van der Waals surface area contributed by atoms with Gasteiger partial charge in [0.05, 0.1) is 0 Å². The number of benzene rings is 1. The molecule has 2 fully saturated rings. The standard InChI is InChI=1S/C23H37BO3Se/c1-22(2)23(3,4)27-24(26-22)21(18-10-7-6-8-11-18)12-9-17-28-20-15-13-19(25-5)14-16-20/h13-16,18,21H,6-12,17H2,1-5H3. The molecular formula is C23H37BO3Se. The first-order valence-corrected chi connectivity index (χ1v) is 13.0. The van der Waals surface area contributed by atoms with Crippen molar-refractivity contribution in [1.82, 2.24) is 0 Å². The molecule has 0 bridgehead atoms. The zero-order valence-corrected chi connectivity index (χ0v) is 20.0. The summed E-state index contributed by atoms with van der Waals surface area (Å²) in [6.07, 6.45) is 9.31. The topological polar surface area (TPSA) is 27.7 Å². The molecule has 1 unspecified atom stereocenters. The Hall–Kier alpha value is -0.476. The second-order valence-corrected chi connectivity index (χ2v) is 11.8. The van der Waals surface area contributed by atoms with Gasteiger partial charge in [-0.25, -0.2) is 0 Å². The molecule has 1 aromatic carbocycles. The van der Waals surface area contributed by atoms with Crippen LogP contribution in [-0.2, 0) is 9.31 Å². The summed E-state index contributed by atoms with van der Waals surface area (Å²) in [4.78, 5) is 0. The van der Waals surface area contributed by atoms with E-state index >= 15 is 0 Å². The molecule has 1 saturated carbocycles. The minimum absolute atomic E-state index is 0.0402. The fourth-order valence-electron chi connectivity index (χ4n) is 4.40.